The lowest BCUT2D eigenvalue weighted by Crippen LogP contribution is -1.91. The first-order valence-corrected chi connectivity index (χ1v) is 6.16. The van der Waals surface area contributed by atoms with Crippen LogP contribution in [-0.4, -0.2) is 4.37 Å². The molecule has 0 atom stereocenters. The molecule has 0 bridgehead atoms. The van der Waals surface area contributed by atoms with E-state index in [1.54, 1.807) is 0 Å². The fourth-order valence-corrected chi connectivity index (χ4v) is 2.47. The van der Waals surface area contributed by atoms with E-state index in [-0.39, 0.29) is 0 Å². The minimum absolute atomic E-state index is 0.576. The van der Waals surface area contributed by atoms with Gasteiger partial charge in [0.15, 0.2) is 0 Å². The summed E-state index contributed by atoms with van der Waals surface area (Å²) in [4.78, 5) is 0. The van der Waals surface area contributed by atoms with Gasteiger partial charge in [-0.05, 0) is 43.1 Å². The summed E-state index contributed by atoms with van der Waals surface area (Å²) in [6.07, 6.45) is 0. The van der Waals surface area contributed by atoms with Crippen LogP contribution >= 0.6 is 23.1 Å². The summed E-state index contributed by atoms with van der Waals surface area (Å²) in [5.74, 6) is 0. The lowest BCUT2D eigenvalue weighted by atomic mass is 10.2. The van der Waals surface area contributed by atoms with Crippen LogP contribution in [-0.2, 0) is 0 Å². The van der Waals surface area contributed by atoms with Crippen LogP contribution in [0.4, 0.5) is 10.7 Å². The SMILES string of the molecule is Cc1ccc(Nc2snc(C)c2C#N)c(Cl)c1. The van der Waals surface area contributed by atoms with Gasteiger partial charge in [-0.15, -0.1) is 0 Å². The van der Waals surface area contributed by atoms with Crippen molar-refractivity contribution in [1.29, 1.82) is 5.26 Å². The number of nitrogens with zero attached hydrogens (tertiary/aromatic N) is 2. The molecule has 86 valence electrons. The van der Waals surface area contributed by atoms with Gasteiger partial charge >= 0.3 is 0 Å². The molecule has 0 fully saturated rings. The predicted molar refractivity (Wildman–Crippen MR) is 71.0 cm³/mol. The van der Waals surface area contributed by atoms with Crippen molar-refractivity contribution in [1.82, 2.24) is 4.37 Å². The molecule has 0 spiro atoms. The number of hydrogen-bond acceptors (Lipinski definition) is 4. The van der Waals surface area contributed by atoms with Crippen LogP contribution in [0.25, 0.3) is 0 Å². The van der Waals surface area contributed by atoms with Crippen LogP contribution < -0.4 is 5.32 Å². The molecular formula is C12H10ClN3S. The second-order valence-corrected chi connectivity index (χ2v) is 4.87. The van der Waals surface area contributed by atoms with Crippen molar-refractivity contribution in [2.75, 3.05) is 5.32 Å². The van der Waals surface area contributed by atoms with Crippen molar-refractivity contribution in [3.63, 3.8) is 0 Å². The van der Waals surface area contributed by atoms with E-state index in [0.29, 0.717) is 10.6 Å². The van der Waals surface area contributed by atoms with Gasteiger partial charge in [0, 0.05) is 0 Å². The first-order valence-electron chi connectivity index (χ1n) is 5.01. The van der Waals surface area contributed by atoms with E-state index in [1.165, 1.54) is 11.5 Å². The first kappa shape index (κ1) is 11.9. The Morgan fingerprint density at radius 2 is 2.18 bits per heavy atom. The molecule has 1 heterocycles. The molecule has 5 heteroatoms. The zero-order valence-corrected chi connectivity index (χ0v) is 11.0. The van der Waals surface area contributed by atoms with E-state index >= 15 is 0 Å². The number of rotatable bonds is 2. The minimum atomic E-state index is 0.576. The van der Waals surface area contributed by atoms with Crippen molar-refractivity contribution in [3.8, 4) is 6.07 Å². The first-order chi connectivity index (χ1) is 8.11. The summed E-state index contributed by atoms with van der Waals surface area (Å²) in [5, 5.41) is 13.5. The smallest absolute Gasteiger partial charge is 0.132 e. The van der Waals surface area contributed by atoms with Crippen molar-refractivity contribution in [2.24, 2.45) is 0 Å². The maximum absolute atomic E-state index is 9.02. The number of benzene rings is 1. The highest BCUT2D eigenvalue weighted by molar-refractivity contribution is 7.10. The normalized spacial score (nSPS) is 10.0. The van der Waals surface area contributed by atoms with Gasteiger partial charge in [0.1, 0.15) is 16.6 Å². The van der Waals surface area contributed by atoms with Gasteiger partial charge in [0.25, 0.3) is 0 Å². The second-order valence-electron chi connectivity index (χ2n) is 3.69. The van der Waals surface area contributed by atoms with Crippen LogP contribution in [0.2, 0.25) is 5.02 Å². The largest absolute Gasteiger partial charge is 0.344 e. The Morgan fingerprint density at radius 1 is 1.41 bits per heavy atom. The van der Waals surface area contributed by atoms with Crippen molar-refractivity contribution in [2.45, 2.75) is 13.8 Å². The Hall–Kier alpha value is -1.57. The Labute approximate surface area is 109 Å². The summed E-state index contributed by atoms with van der Waals surface area (Å²) in [7, 11) is 0. The topological polar surface area (TPSA) is 48.7 Å². The molecule has 0 aliphatic heterocycles. The fraction of sp³-hybridized carbons (Fsp3) is 0.167. The highest BCUT2D eigenvalue weighted by Gasteiger charge is 2.11. The zero-order valence-electron chi connectivity index (χ0n) is 9.41. The van der Waals surface area contributed by atoms with Crippen molar-refractivity contribution < 1.29 is 0 Å². The quantitative estimate of drug-likeness (QED) is 0.890. The van der Waals surface area contributed by atoms with Crippen LogP contribution in [0.1, 0.15) is 16.8 Å². The average Bonchev–Trinajstić information content (AvgIpc) is 2.63. The molecule has 0 aliphatic carbocycles. The highest BCUT2D eigenvalue weighted by atomic mass is 35.5. The van der Waals surface area contributed by atoms with E-state index in [0.717, 1.165) is 21.9 Å². The van der Waals surface area contributed by atoms with E-state index in [2.05, 4.69) is 15.8 Å². The standard InChI is InChI=1S/C12H10ClN3S/c1-7-3-4-11(10(13)5-7)15-12-9(6-14)8(2)16-17-12/h3-5,15H,1-2H3. The van der Waals surface area contributed by atoms with E-state index in [1.807, 2.05) is 32.0 Å². The van der Waals surface area contributed by atoms with Crippen LogP contribution in [0.5, 0.6) is 0 Å². The number of nitriles is 1. The summed E-state index contributed by atoms with van der Waals surface area (Å²) in [6.45, 7) is 3.80. The number of aromatic nitrogens is 1. The molecule has 1 aromatic carbocycles. The van der Waals surface area contributed by atoms with E-state index in [4.69, 9.17) is 16.9 Å². The third-order valence-corrected chi connectivity index (χ3v) is 3.51. The fourth-order valence-electron chi connectivity index (χ4n) is 1.43. The van der Waals surface area contributed by atoms with E-state index in [9.17, 15) is 0 Å². The molecule has 0 saturated heterocycles. The number of anilines is 2. The molecule has 0 amide bonds. The van der Waals surface area contributed by atoms with Gasteiger partial charge in [-0.3, -0.25) is 0 Å². The molecule has 1 aromatic heterocycles. The molecule has 3 nitrogen and oxygen atoms in total. The van der Waals surface area contributed by atoms with Gasteiger partial charge in [0.2, 0.25) is 0 Å². The third kappa shape index (κ3) is 2.41. The maximum Gasteiger partial charge on any atom is 0.132 e. The molecular weight excluding hydrogens is 254 g/mol. The molecule has 0 unspecified atom stereocenters. The molecule has 0 aliphatic rings. The molecule has 2 rings (SSSR count). The predicted octanol–water partition coefficient (Wildman–Crippen LogP) is 4.03. The molecule has 2 aromatic rings. The third-order valence-electron chi connectivity index (χ3n) is 2.35. The molecule has 0 radical (unpaired) electrons. The lowest BCUT2D eigenvalue weighted by Gasteiger charge is -2.06. The number of hydrogen-bond donors (Lipinski definition) is 1. The van der Waals surface area contributed by atoms with E-state index < -0.39 is 0 Å². The Morgan fingerprint density at radius 3 is 2.82 bits per heavy atom. The summed E-state index contributed by atoms with van der Waals surface area (Å²) < 4.78 is 4.14. The molecule has 1 N–H and O–H groups in total. The van der Waals surface area contributed by atoms with Crippen LogP contribution in [0.3, 0.4) is 0 Å². The Bertz CT molecular complexity index is 598. The van der Waals surface area contributed by atoms with Crippen LogP contribution in [0.15, 0.2) is 18.2 Å². The minimum Gasteiger partial charge on any atom is -0.344 e. The summed E-state index contributed by atoms with van der Waals surface area (Å²) in [5.41, 5.74) is 3.20. The van der Waals surface area contributed by atoms with Gasteiger partial charge in [0.05, 0.1) is 16.4 Å². The summed E-state index contributed by atoms with van der Waals surface area (Å²) >= 11 is 7.39. The van der Waals surface area contributed by atoms with Gasteiger partial charge < -0.3 is 5.32 Å². The Balaban J connectivity index is 2.35. The Kier molecular flexibility index (Phi) is 3.32. The monoisotopic (exact) mass is 263 g/mol. The molecule has 17 heavy (non-hydrogen) atoms. The number of halogens is 1. The number of nitrogens with one attached hydrogen (secondary N) is 1. The lowest BCUT2D eigenvalue weighted by molar-refractivity contribution is 1.31. The number of aryl methyl sites for hydroxylation is 2. The zero-order chi connectivity index (χ0) is 12.4. The van der Waals surface area contributed by atoms with Gasteiger partial charge in [-0.25, -0.2) is 0 Å². The average molecular weight is 264 g/mol. The van der Waals surface area contributed by atoms with Gasteiger partial charge in [-0.2, -0.15) is 9.64 Å². The highest BCUT2D eigenvalue weighted by Crippen LogP contribution is 2.31. The second kappa shape index (κ2) is 4.74. The van der Waals surface area contributed by atoms with Crippen molar-refractivity contribution in [3.05, 3.63) is 40.0 Å². The maximum atomic E-state index is 9.02. The summed E-state index contributed by atoms with van der Waals surface area (Å²) in [6, 6.07) is 7.88. The van der Waals surface area contributed by atoms with Crippen LogP contribution in [0, 0.1) is 25.2 Å². The van der Waals surface area contributed by atoms with Crippen molar-refractivity contribution >= 4 is 33.8 Å². The van der Waals surface area contributed by atoms with Gasteiger partial charge in [-0.1, -0.05) is 17.7 Å². The molecule has 0 saturated carbocycles.